The van der Waals surface area contributed by atoms with Crippen molar-refractivity contribution in [3.05, 3.63) is 24.3 Å². The van der Waals surface area contributed by atoms with E-state index in [-0.39, 0.29) is 55.5 Å². The Morgan fingerprint density at radius 3 is 1.35 bits per heavy atom. The fourth-order valence-corrected chi connectivity index (χ4v) is 4.39. The van der Waals surface area contributed by atoms with Gasteiger partial charge in [-0.15, -0.1) is 0 Å². The van der Waals surface area contributed by atoms with Crippen molar-refractivity contribution in [3.8, 4) is 0 Å². The van der Waals surface area contributed by atoms with Gasteiger partial charge in [0.25, 0.3) is 23.6 Å². The van der Waals surface area contributed by atoms with E-state index in [1.54, 1.807) is 13.8 Å². The van der Waals surface area contributed by atoms with Crippen molar-refractivity contribution in [1.29, 1.82) is 0 Å². The SMILES string of the molecule is CC(C)C(N)C(=O)O.NCCCCC(N)C(=O)O.O=C(O)CN(C(=O)CCCCCN1C(=O)C=CC1=O)C(=O)CCCCCN1C(=O)C=CC1=O. The van der Waals surface area contributed by atoms with E-state index in [1.807, 2.05) is 0 Å². The van der Waals surface area contributed by atoms with Gasteiger partial charge in [0.2, 0.25) is 11.8 Å². The van der Waals surface area contributed by atoms with Crippen molar-refractivity contribution in [2.75, 3.05) is 26.2 Å². The van der Waals surface area contributed by atoms with Crippen LogP contribution in [0.5, 0.6) is 0 Å². The first-order valence-electron chi connectivity index (χ1n) is 16.7. The molecule has 51 heavy (non-hydrogen) atoms. The highest BCUT2D eigenvalue weighted by molar-refractivity contribution is 6.13. The minimum absolute atomic E-state index is 0.0208. The molecule has 0 spiro atoms. The molecular formula is C33H52N6O12. The van der Waals surface area contributed by atoms with Crippen LogP contribution in [-0.2, 0) is 43.2 Å². The summed E-state index contributed by atoms with van der Waals surface area (Å²) < 4.78 is 0. The van der Waals surface area contributed by atoms with Gasteiger partial charge in [0.1, 0.15) is 18.6 Å². The Morgan fingerprint density at radius 1 is 0.647 bits per heavy atom. The molecule has 286 valence electrons. The summed E-state index contributed by atoms with van der Waals surface area (Å²) in [6.45, 7) is 3.91. The number of hydrogen-bond donors (Lipinski definition) is 6. The van der Waals surface area contributed by atoms with E-state index < -0.39 is 48.4 Å². The van der Waals surface area contributed by atoms with Crippen LogP contribution in [0.1, 0.15) is 84.5 Å². The first-order chi connectivity index (χ1) is 23.9. The van der Waals surface area contributed by atoms with Gasteiger partial charge in [-0.1, -0.05) is 33.1 Å². The number of hydrogen-bond acceptors (Lipinski definition) is 12. The van der Waals surface area contributed by atoms with Crippen LogP contribution >= 0.6 is 0 Å². The highest BCUT2D eigenvalue weighted by Gasteiger charge is 2.25. The number of aliphatic carboxylic acids is 3. The minimum atomic E-state index is -1.30. The summed E-state index contributed by atoms with van der Waals surface area (Å²) in [7, 11) is 0. The summed E-state index contributed by atoms with van der Waals surface area (Å²) in [5.74, 6) is -5.80. The van der Waals surface area contributed by atoms with E-state index >= 15 is 0 Å². The van der Waals surface area contributed by atoms with Crippen LogP contribution < -0.4 is 17.2 Å². The zero-order chi connectivity index (χ0) is 39.1. The molecule has 6 amide bonds. The summed E-state index contributed by atoms with van der Waals surface area (Å²) >= 11 is 0. The van der Waals surface area contributed by atoms with Crippen LogP contribution in [-0.4, -0.2) is 122 Å². The molecule has 0 fully saturated rings. The van der Waals surface area contributed by atoms with Crippen molar-refractivity contribution in [1.82, 2.24) is 14.7 Å². The second kappa shape index (κ2) is 25.2. The van der Waals surface area contributed by atoms with Crippen molar-refractivity contribution in [3.63, 3.8) is 0 Å². The van der Waals surface area contributed by atoms with Crippen molar-refractivity contribution in [2.24, 2.45) is 23.1 Å². The largest absolute Gasteiger partial charge is 0.480 e. The van der Waals surface area contributed by atoms with Crippen LogP contribution in [0.4, 0.5) is 0 Å². The smallest absolute Gasteiger partial charge is 0.323 e. The summed E-state index contributed by atoms with van der Waals surface area (Å²) in [5.41, 5.74) is 15.6. The van der Waals surface area contributed by atoms with Gasteiger partial charge < -0.3 is 32.5 Å². The number of nitrogens with two attached hydrogens (primary N) is 3. The predicted molar refractivity (Wildman–Crippen MR) is 182 cm³/mol. The van der Waals surface area contributed by atoms with Crippen molar-refractivity contribution >= 4 is 53.4 Å². The molecule has 0 aromatic heterocycles. The van der Waals surface area contributed by atoms with E-state index in [2.05, 4.69) is 0 Å². The average Bonchev–Trinajstić information content (AvgIpc) is 3.56. The molecule has 2 aliphatic rings. The fourth-order valence-electron chi connectivity index (χ4n) is 4.39. The van der Waals surface area contributed by atoms with Gasteiger partial charge in [0.05, 0.1) is 0 Å². The number of imide groups is 3. The molecule has 0 radical (unpaired) electrons. The summed E-state index contributed by atoms with van der Waals surface area (Å²) in [6, 6.07) is -1.43. The number of carboxylic acids is 3. The van der Waals surface area contributed by atoms with Gasteiger partial charge in [-0.2, -0.15) is 0 Å². The maximum atomic E-state index is 12.4. The van der Waals surface area contributed by atoms with Gasteiger partial charge in [-0.25, -0.2) is 0 Å². The molecule has 18 heteroatoms. The number of unbranched alkanes of at least 4 members (excludes halogenated alkanes) is 5. The molecule has 0 saturated heterocycles. The lowest BCUT2D eigenvalue weighted by Gasteiger charge is -2.19. The van der Waals surface area contributed by atoms with Gasteiger partial charge >= 0.3 is 17.9 Å². The predicted octanol–water partition coefficient (Wildman–Crippen LogP) is -0.0214. The Kier molecular flexibility index (Phi) is 22.8. The lowest BCUT2D eigenvalue weighted by atomic mass is 10.1. The van der Waals surface area contributed by atoms with Crippen LogP contribution in [0, 0.1) is 5.92 Å². The molecular weight excluding hydrogens is 672 g/mol. The molecule has 2 aliphatic heterocycles. The summed E-state index contributed by atoms with van der Waals surface area (Å²) in [5, 5.41) is 25.6. The van der Waals surface area contributed by atoms with Crippen LogP contribution in [0.2, 0.25) is 0 Å². The molecule has 2 heterocycles. The lowest BCUT2D eigenvalue weighted by molar-refractivity contribution is -0.152. The molecule has 0 aliphatic carbocycles. The first kappa shape index (κ1) is 46.2. The van der Waals surface area contributed by atoms with Gasteiger partial charge in [-0.3, -0.25) is 57.9 Å². The third-order valence-electron chi connectivity index (χ3n) is 7.53. The van der Waals surface area contributed by atoms with E-state index in [9.17, 15) is 43.2 Å². The number of nitrogens with zero attached hydrogens (tertiary/aromatic N) is 3. The number of carbonyl (C=O) groups is 9. The number of rotatable bonds is 21. The Hall–Kier alpha value is -4.81. The minimum Gasteiger partial charge on any atom is -0.480 e. The third kappa shape index (κ3) is 19.2. The maximum absolute atomic E-state index is 12.4. The molecule has 18 nitrogen and oxygen atoms in total. The second-order valence-electron chi connectivity index (χ2n) is 12.0. The lowest BCUT2D eigenvalue weighted by Crippen LogP contribution is -2.40. The topological polar surface area (TPSA) is 302 Å². The first-order valence-corrected chi connectivity index (χ1v) is 16.7. The molecule has 2 unspecified atom stereocenters. The molecule has 2 atom stereocenters. The monoisotopic (exact) mass is 724 g/mol. The highest BCUT2D eigenvalue weighted by Crippen LogP contribution is 2.12. The average molecular weight is 725 g/mol. The normalized spacial score (nSPS) is 14.5. The molecule has 0 saturated carbocycles. The Balaban J connectivity index is 0.00000114. The van der Waals surface area contributed by atoms with Crippen LogP contribution in [0.3, 0.4) is 0 Å². The van der Waals surface area contributed by atoms with Gasteiger partial charge in [0.15, 0.2) is 0 Å². The number of carbonyl (C=O) groups excluding carboxylic acids is 6. The Labute approximate surface area is 296 Å². The van der Waals surface area contributed by atoms with E-state index in [0.717, 1.165) is 27.5 Å². The third-order valence-corrected chi connectivity index (χ3v) is 7.53. The van der Waals surface area contributed by atoms with Crippen molar-refractivity contribution in [2.45, 2.75) is 96.6 Å². The number of amides is 6. The van der Waals surface area contributed by atoms with Gasteiger partial charge in [-0.05, 0) is 51.0 Å². The second-order valence-corrected chi connectivity index (χ2v) is 12.0. The van der Waals surface area contributed by atoms with Gasteiger partial charge in [0, 0.05) is 50.2 Å². The van der Waals surface area contributed by atoms with E-state index in [4.69, 9.17) is 32.5 Å². The molecule has 2 rings (SSSR count). The summed E-state index contributed by atoms with van der Waals surface area (Å²) in [4.78, 5) is 105. The fraction of sp³-hybridized carbons (Fsp3) is 0.606. The number of carboxylic acid groups (broad SMARTS) is 3. The summed E-state index contributed by atoms with van der Waals surface area (Å²) in [6.07, 6.45) is 9.74. The van der Waals surface area contributed by atoms with Crippen LogP contribution in [0.25, 0.3) is 0 Å². The highest BCUT2D eigenvalue weighted by atomic mass is 16.4. The quantitative estimate of drug-likeness (QED) is 0.0669. The zero-order valence-corrected chi connectivity index (χ0v) is 29.2. The standard InChI is InChI=1S/C22H27N3O8.C6H14N2O2.C5H11NO2/c26-16(7-3-1-5-13-23-18(28)9-10-19(23)29)25(15-22(32)33)17(27)8-4-2-6-14-24-20(30)11-12-21(24)31;7-4-2-1-3-5(8)6(9)10;1-3(2)4(6)5(7)8/h9-12H,1-8,13-15H2,(H,32,33);5H,1-4,7-8H2,(H,9,10);3-4H,6H2,1-2H3,(H,7,8). The van der Waals surface area contributed by atoms with E-state index in [0.29, 0.717) is 51.5 Å². The zero-order valence-electron chi connectivity index (χ0n) is 29.2. The maximum Gasteiger partial charge on any atom is 0.323 e. The van der Waals surface area contributed by atoms with E-state index in [1.165, 1.54) is 24.3 Å². The Morgan fingerprint density at radius 2 is 1.06 bits per heavy atom. The Bertz CT molecular complexity index is 1200. The molecule has 9 N–H and O–H groups in total. The van der Waals surface area contributed by atoms with Crippen molar-refractivity contribution < 1.29 is 58.5 Å². The van der Waals surface area contributed by atoms with Crippen LogP contribution in [0.15, 0.2) is 24.3 Å². The molecule has 0 aromatic rings. The molecule has 0 aromatic carbocycles. The molecule has 0 bridgehead atoms.